The zero-order valence-electron chi connectivity index (χ0n) is 13.8. The van der Waals surface area contributed by atoms with Crippen LogP contribution in [0.3, 0.4) is 0 Å². The highest BCUT2D eigenvalue weighted by Crippen LogP contribution is 2.30. The first kappa shape index (κ1) is 17.3. The average Bonchev–Trinajstić information content (AvgIpc) is 3.10. The predicted octanol–water partition coefficient (Wildman–Crippen LogP) is 3.63. The van der Waals surface area contributed by atoms with Gasteiger partial charge in [0.1, 0.15) is 5.75 Å². The molecule has 0 aliphatic carbocycles. The molecule has 4 rings (SSSR count). The van der Waals surface area contributed by atoms with Crippen LogP contribution < -0.4 is 15.4 Å². The van der Waals surface area contributed by atoms with Crippen molar-refractivity contribution in [1.82, 2.24) is 10.6 Å². The summed E-state index contributed by atoms with van der Waals surface area (Å²) in [5.74, 6) is 1.11. The topological polar surface area (TPSA) is 33.3 Å². The number of benzene rings is 2. The number of piperidine rings is 1. The molecule has 0 aromatic heterocycles. The van der Waals surface area contributed by atoms with E-state index in [1.165, 1.54) is 29.5 Å². The van der Waals surface area contributed by atoms with Gasteiger partial charge in [0, 0.05) is 30.6 Å². The SMILES string of the molecule is Cl.c1ccc([C@@H]2NCCC[C@@H]2NCc2cccc3c2OCC3)cc1. The molecule has 2 aromatic carbocycles. The maximum Gasteiger partial charge on any atom is 0.127 e. The molecule has 4 heteroatoms. The Bertz CT molecular complexity index is 662. The first-order chi connectivity index (χ1) is 11.4. The molecule has 0 spiro atoms. The Balaban J connectivity index is 0.00000169. The number of hydrogen-bond acceptors (Lipinski definition) is 3. The fourth-order valence-corrected chi connectivity index (χ4v) is 3.78. The van der Waals surface area contributed by atoms with Gasteiger partial charge in [-0.2, -0.15) is 0 Å². The Hall–Kier alpha value is -1.55. The Morgan fingerprint density at radius 2 is 1.96 bits per heavy atom. The standard InChI is InChI=1S/C20H24N2O.ClH/c1-2-6-15(7-3-1)19-18(10-5-12-21-19)22-14-17-9-4-8-16-11-13-23-20(16)17;/h1-4,6-9,18-19,21-22H,5,10-14H2;1H/t18-,19-;/m0./s1. The second kappa shape index (κ2) is 8.02. The fraction of sp³-hybridized carbons (Fsp3) is 0.400. The molecular weight excluding hydrogens is 320 g/mol. The van der Waals surface area contributed by atoms with Gasteiger partial charge in [0.2, 0.25) is 0 Å². The summed E-state index contributed by atoms with van der Waals surface area (Å²) in [6.07, 6.45) is 3.48. The highest BCUT2D eigenvalue weighted by molar-refractivity contribution is 5.85. The van der Waals surface area contributed by atoms with Crippen molar-refractivity contribution < 1.29 is 4.74 Å². The van der Waals surface area contributed by atoms with Gasteiger partial charge in [0.05, 0.1) is 6.61 Å². The van der Waals surface area contributed by atoms with Gasteiger partial charge in [-0.05, 0) is 30.5 Å². The Morgan fingerprint density at radius 3 is 2.83 bits per heavy atom. The molecule has 1 saturated heterocycles. The summed E-state index contributed by atoms with van der Waals surface area (Å²) < 4.78 is 5.83. The van der Waals surface area contributed by atoms with E-state index in [0.29, 0.717) is 12.1 Å². The molecule has 2 aliphatic rings. The number of hydrogen-bond donors (Lipinski definition) is 2. The van der Waals surface area contributed by atoms with Gasteiger partial charge in [-0.25, -0.2) is 0 Å². The number of fused-ring (bicyclic) bond motifs is 1. The highest BCUT2D eigenvalue weighted by atomic mass is 35.5. The largest absolute Gasteiger partial charge is 0.493 e. The van der Waals surface area contributed by atoms with Crippen molar-refractivity contribution in [3.8, 4) is 5.75 Å². The van der Waals surface area contributed by atoms with Crippen molar-refractivity contribution in [3.63, 3.8) is 0 Å². The highest BCUT2D eigenvalue weighted by Gasteiger charge is 2.26. The summed E-state index contributed by atoms with van der Waals surface area (Å²) >= 11 is 0. The maximum absolute atomic E-state index is 5.83. The van der Waals surface area contributed by atoms with Crippen LogP contribution in [0.5, 0.6) is 5.75 Å². The Morgan fingerprint density at radius 1 is 1.08 bits per heavy atom. The van der Waals surface area contributed by atoms with E-state index >= 15 is 0 Å². The zero-order chi connectivity index (χ0) is 15.5. The van der Waals surface area contributed by atoms with Crippen LogP contribution in [0.4, 0.5) is 0 Å². The number of ether oxygens (including phenoxy) is 1. The third-order valence-corrected chi connectivity index (χ3v) is 4.97. The van der Waals surface area contributed by atoms with E-state index in [0.717, 1.165) is 31.9 Å². The lowest BCUT2D eigenvalue weighted by molar-refractivity contribution is 0.301. The van der Waals surface area contributed by atoms with Crippen molar-refractivity contribution in [2.45, 2.75) is 37.9 Å². The minimum absolute atomic E-state index is 0. The van der Waals surface area contributed by atoms with Crippen LogP contribution in [-0.2, 0) is 13.0 Å². The summed E-state index contributed by atoms with van der Waals surface area (Å²) in [5, 5.41) is 7.45. The minimum Gasteiger partial charge on any atom is -0.493 e. The average molecular weight is 345 g/mol. The number of para-hydroxylation sites is 1. The molecule has 0 amide bonds. The molecule has 1 fully saturated rings. The summed E-state index contributed by atoms with van der Waals surface area (Å²) in [6, 6.07) is 18.2. The van der Waals surface area contributed by atoms with E-state index in [-0.39, 0.29) is 12.4 Å². The van der Waals surface area contributed by atoms with Crippen molar-refractivity contribution in [2.75, 3.05) is 13.2 Å². The molecule has 0 unspecified atom stereocenters. The van der Waals surface area contributed by atoms with E-state index in [4.69, 9.17) is 4.74 Å². The lowest BCUT2D eigenvalue weighted by Gasteiger charge is -2.34. The normalized spacial score (nSPS) is 22.3. The van der Waals surface area contributed by atoms with Gasteiger partial charge in [-0.3, -0.25) is 0 Å². The van der Waals surface area contributed by atoms with Crippen molar-refractivity contribution in [3.05, 3.63) is 65.2 Å². The van der Waals surface area contributed by atoms with Gasteiger partial charge in [0.15, 0.2) is 0 Å². The van der Waals surface area contributed by atoms with Crippen LogP contribution in [0.1, 0.15) is 35.6 Å². The molecule has 0 saturated carbocycles. The van der Waals surface area contributed by atoms with Crippen LogP contribution >= 0.6 is 12.4 Å². The van der Waals surface area contributed by atoms with E-state index in [2.05, 4.69) is 59.2 Å². The van der Waals surface area contributed by atoms with Gasteiger partial charge >= 0.3 is 0 Å². The van der Waals surface area contributed by atoms with Gasteiger partial charge in [-0.15, -0.1) is 12.4 Å². The predicted molar refractivity (Wildman–Crippen MR) is 99.9 cm³/mol. The molecule has 3 nitrogen and oxygen atoms in total. The minimum atomic E-state index is 0. The van der Waals surface area contributed by atoms with E-state index in [1.54, 1.807) is 0 Å². The first-order valence-corrected chi connectivity index (χ1v) is 8.67. The summed E-state index contributed by atoms with van der Waals surface area (Å²) in [6.45, 7) is 2.80. The second-order valence-electron chi connectivity index (χ2n) is 6.48. The van der Waals surface area contributed by atoms with Crippen LogP contribution in [0.25, 0.3) is 0 Å². The molecule has 0 bridgehead atoms. The van der Waals surface area contributed by atoms with Crippen LogP contribution in [0.2, 0.25) is 0 Å². The van der Waals surface area contributed by atoms with Gasteiger partial charge < -0.3 is 15.4 Å². The van der Waals surface area contributed by atoms with E-state index < -0.39 is 0 Å². The Kier molecular flexibility index (Phi) is 5.77. The van der Waals surface area contributed by atoms with Crippen LogP contribution in [0.15, 0.2) is 48.5 Å². The molecule has 2 heterocycles. The lowest BCUT2D eigenvalue weighted by atomic mass is 9.92. The van der Waals surface area contributed by atoms with Crippen molar-refractivity contribution in [2.24, 2.45) is 0 Å². The number of halogens is 1. The number of rotatable bonds is 4. The molecule has 2 aromatic rings. The Labute approximate surface area is 150 Å². The number of nitrogens with one attached hydrogen (secondary N) is 2. The van der Waals surface area contributed by atoms with Crippen molar-refractivity contribution in [1.29, 1.82) is 0 Å². The third kappa shape index (κ3) is 3.59. The van der Waals surface area contributed by atoms with Crippen LogP contribution in [0, 0.1) is 0 Å². The maximum atomic E-state index is 5.83. The quantitative estimate of drug-likeness (QED) is 0.888. The molecule has 2 aliphatic heterocycles. The monoisotopic (exact) mass is 344 g/mol. The molecule has 2 N–H and O–H groups in total. The molecule has 2 atom stereocenters. The van der Waals surface area contributed by atoms with Gasteiger partial charge in [0.25, 0.3) is 0 Å². The molecular formula is C20H25ClN2O. The zero-order valence-corrected chi connectivity index (χ0v) is 14.6. The second-order valence-corrected chi connectivity index (χ2v) is 6.48. The summed E-state index contributed by atoms with van der Waals surface area (Å²) in [4.78, 5) is 0. The molecule has 24 heavy (non-hydrogen) atoms. The smallest absolute Gasteiger partial charge is 0.127 e. The van der Waals surface area contributed by atoms with Crippen LogP contribution in [-0.4, -0.2) is 19.2 Å². The van der Waals surface area contributed by atoms with Gasteiger partial charge in [-0.1, -0.05) is 48.5 Å². The van der Waals surface area contributed by atoms with E-state index in [1.807, 2.05) is 0 Å². The molecule has 128 valence electrons. The lowest BCUT2D eigenvalue weighted by Crippen LogP contribution is -2.45. The third-order valence-electron chi connectivity index (χ3n) is 4.97. The van der Waals surface area contributed by atoms with E-state index in [9.17, 15) is 0 Å². The summed E-state index contributed by atoms with van der Waals surface area (Å²) in [5.41, 5.74) is 4.02. The summed E-state index contributed by atoms with van der Waals surface area (Å²) in [7, 11) is 0. The molecule has 0 radical (unpaired) electrons. The first-order valence-electron chi connectivity index (χ1n) is 8.67. The van der Waals surface area contributed by atoms with Crippen molar-refractivity contribution >= 4 is 12.4 Å². The fourth-order valence-electron chi connectivity index (χ4n) is 3.78.